The number of likely N-dealkylation sites (tertiary alicyclic amines) is 1. The van der Waals surface area contributed by atoms with Gasteiger partial charge in [0.1, 0.15) is 11.6 Å². The van der Waals surface area contributed by atoms with Gasteiger partial charge in [-0.05, 0) is 32.0 Å². The number of carboxylic acids is 1. The number of aromatic hydroxyl groups is 1. The monoisotopic (exact) mass is 261 g/mol. The molecule has 2 aromatic heterocycles. The van der Waals surface area contributed by atoms with Gasteiger partial charge in [0.2, 0.25) is 0 Å². The molecule has 6 nitrogen and oxygen atoms in total. The quantitative estimate of drug-likeness (QED) is 0.871. The molecule has 0 atom stereocenters. The summed E-state index contributed by atoms with van der Waals surface area (Å²) < 4.78 is 1.74. The number of imidazole rings is 1. The zero-order chi connectivity index (χ0) is 13.4. The molecule has 2 aromatic rings. The van der Waals surface area contributed by atoms with Crippen molar-refractivity contribution in [2.24, 2.45) is 0 Å². The van der Waals surface area contributed by atoms with E-state index in [1.807, 2.05) is 0 Å². The number of aromatic nitrogens is 2. The van der Waals surface area contributed by atoms with Crippen LogP contribution in [0.5, 0.6) is 5.75 Å². The molecule has 0 spiro atoms. The molecule has 1 aliphatic heterocycles. The molecule has 0 amide bonds. The van der Waals surface area contributed by atoms with E-state index in [2.05, 4.69) is 9.88 Å². The smallest absolute Gasteiger partial charge is 0.356 e. The number of nitrogens with zero attached hydrogens (tertiary/aromatic N) is 3. The number of fused-ring (bicyclic) bond motifs is 1. The fourth-order valence-electron chi connectivity index (χ4n) is 2.55. The highest BCUT2D eigenvalue weighted by Crippen LogP contribution is 2.20. The molecular weight excluding hydrogens is 246 g/mol. The molecule has 0 bridgehead atoms. The first-order valence-electron chi connectivity index (χ1n) is 6.31. The van der Waals surface area contributed by atoms with E-state index in [1.54, 1.807) is 10.6 Å². The van der Waals surface area contributed by atoms with Crippen LogP contribution in [0.3, 0.4) is 0 Å². The molecule has 0 aliphatic carbocycles. The van der Waals surface area contributed by atoms with Gasteiger partial charge < -0.3 is 14.6 Å². The second-order valence-corrected chi connectivity index (χ2v) is 4.81. The van der Waals surface area contributed by atoms with Gasteiger partial charge in [-0.2, -0.15) is 0 Å². The summed E-state index contributed by atoms with van der Waals surface area (Å²) in [6.45, 7) is 2.68. The molecule has 0 aromatic carbocycles. The Hall–Kier alpha value is -2.08. The van der Waals surface area contributed by atoms with Crippen LogP contribution in [0.4, 0.5) is 0 Å². The van der Waals surface area contributed by atoms with Gasteiger partial charge in [-0.15, -0.1) is 0 Å². The van der Waals surface area contributed by atoms with E-state index in [9.17, 15) is 15.0 Å². The second kappa shape index (κ2) is 4.55. The largest absolute Gasteiger partial charge is 0.508 e. The number of rotatable bonds is 3. The first-order valence-corrected chi connectivity index (χ1v) is 6.31. The van der Waals surface area contributed by atoms with Crippen molar-refractivity contribution < 1.29 is 15.0 Å². The average Bonchev–Trinajstić information content (AvgIpc) is 2.97. The summed E-state index contributed by atoms with van der Waals surface area (Å²) in [5.41, 5.74) is 0.423. The van der Waals surface area contributed by atoms with Crippen molar-refractivity contribution in [2.45, 2.75) is 19.4 Å². The van der Waals surface area contributed by atoms with Crippen LogP contribution in [0.25, 0.3) is 5.52 Å². The summed E-state index contributed by atoms with van der Waals surface area (Å²) in [5.74, 6) is -0.326. The Morgan fingerprint density at radius 1 is 1.37 bits per heavy atom. The van der Waals surface area contributed by atoms with Gasteiger partial charge in [-0.1, -0.05) is 0 Å². The Kier molecular flexibility index (Phi) is 2.87. The number of hydrogen-bond donors (Lipinski definition) is 2. The van der Waals surface area contributed by atoms with Crippen molar-refractivity contribution in [1.29, 1.82) is 0 Å². The van der Waals surface area contributed by atoms with Crippen LogP contribution in [-0.2, 0) is 6.54 Å². The third kappa shape index (κ3) is 2.15. The predicted octanol–water partition coefficient (Wildman–Crippen LogP) is 1.33. The zero-order valence-electron chi connectivity index (χ0n) is 10.4. The van der Waals surface area contributed by atoms with Gasteiger partial charge in [0.25, 0.3) is 0 Å². The van der Waals surface area contributed by atoms with E-state index in [1.165, 1.54) is 25.0 Å². The maximum Gasteiger partial charge on any atom is 0.356 e. The highest BCUT2D eigenvalue weighted by Gasteiger charge is 2.20. The predicted molar refractivity (Wildman–Crippen MR) is 68.3 cm³/mol. The lowest BCUT2D eigenvalue weighted by Gasteiger charge is -2.13. The maximum atomic E-state index is 11.2. The molecular formula is C13H15N3O3. The topological polar surface area (TPSA) is 78.1 Å². The highest BCUT2D eigenvalue weighted by molar-refractivity contribution is 5.94. The number of pyridine rings is 1. The van der Waals surface area contributed by atoms with Crippen molar-refractivity contribution in [2.75, 3.05) is 13.1 Å². The van der Waals surface area contributed by atoms with Crippen LogP contribution in [0, 0.1) is 0 Å². The van der Waals surface area contributed by atoms with E-state index in [-0.39, 0.29) is 11.4 Å². The van der Waals surface area contributed by atoms with Crippen molar-refractivity contribution in [3.8, 4) is 5.75 Å². The first kappa shape index (κ1) is 12.0. The Morgan fingerprint density at radius 3 is 2.79 bits per heavy atom. The summed E-state index contributed by atoms with van der Waals surface area (Å²) in [6.07, 6.45) is 4.02. The maximum absolute atomic E-state index is 11.2. The highest BCUT2D eigenvalue weighted by atomic mass is 16.4. The third-order valence-corrected chi connectivity index (χ3v) is 3.47. The Morgan fingerprint density at radius 2 is 2.11 bits per heavy atom. The summed E-state index contributed by atoms with van der Waals surface area (Å²) in [7, 11) is 0. The van der Waals surface area contributed by atoms with Gasteiger partial charge in [0.05, 0.1) is 12.1 Å². The minimum Gasteiger partial charge on any atom is -0.508 e. The lowest BCUT2D eigenvalue weighted by Crippen LogP contribution is -2.20. The molecule has 1 aliphatic rings. The van der Waals surface area contributed by atoms with Crippen LogP contribution in [0.2, 0.25) is 0 Å². The summed E-state index contributed by atoms with van der Waals surface area (Å²) in [4.78, 5) is 17.7. The molecule has 6 heteroatoms. The average molecular weight is 261 g/mol. The van der Waals surface area contributed by atoms with E-state index >= 15 is 0 Å². The molecule has 1 saturated heterocycles. The number of carbonyl (C=O) groups is 1. The Balaban J connectivity index is 2.06. The standard InChI is InChI=1S/C13H15N3O3/c17-9-3-6-16-10(7-9)12(13(18)19)14-11(16)8-15-4-1-2-5-15/h3,6-7,17H,1-2,4-5,8H2,(H,18,19). The van der Waals surface area contributed by atoms with E-state index in [0.717, 1.165) is 13.1 Å². The van der Waals surface area contributed by atoms with Crippen molar-refractivity contribution in [3.63, 3.8) is 0 Å². The molecule has 3 rings (SSSR count). The molecule has 19 heavy (non-hydrogen) atoms. The zero-order valence-corrected chi connectivity index (χ0v) is 10.4. The van der Waals surface area contributed by atoms with Crippen molar-refractivity contribution >= 4 is 11.5 Å². The summed E-state index contributed by atoms with van der Waals surface area (Å²) in [5, 5.41) is 18.7. The minimum absolute atomic E-state index is 0.00917. The van der Waals surface area contributed by atoms with Crippen LogP contribution >= 0.6 is 0 Å². The summed E-state index contributed by atoms with van der Waals surface area (Å²) in [6, 6.07) is 2.97. The van der Waals surface area contributed by atoms with E-state index in [4.69, 9.17) is 0 Å². The fraction of sp³-hybridized carbons (Fsp3) is 0.385. The fourth-order valence-corrected chi connectivity index (χ4v) is 2.55. The second-order valence-electron chi connectivity index (χ2n) is 4.81. The van der Waals surface area contributed by atoms with Crippen LogP contribution in [0.1, 0.15) is 29.2 Å². The van der Waals surface area contributed by atoms with E-state index < -0.39 is 5.97 Å². The number of hydrogen-bond acceptors (Lipinski definition) is 4. The van der Waals surface area contributed by atoms with Gasteiger partial charge in [0.15, 0.2) is 5.69 Å². The SMILES string of the molecule is O=C(O)c1nc(CN2CCCC2)n2ccc(O)cc12. The van der Waals surface area contributed by atoms with Crippen molar-refractivity contribution in [3.05, 3.63) is 29.8 Å². The molecule has 2 N–H and O–H groups in total. The molecule has 1 fully saturated rings. The Labute approximate surface area is 109 Å². The third-order valence-electron chi connectivity index (χ3n) is 3.47. The molecule has 0 radical (unpaired) electrons. The molecule has 0 unspecified atom stereocenters. The lowest BCUT2D eigenvalue weighted by molar-refractivity contribution is 0.0693. The summed E-state index contributed by atoms with van der Waals surface area (Å²) >= 11 is 0. The molecule has 100 valence electrons. The van der Waals surface area contributed by atoms with Gasteiger partial charge >= 0.3 is 5.97 Å². The Bertz CT molecular complexity index is 629. The van der Waals surface area contributed by atoms with Crippen molar-refractivity contribution in [1.82, 2.24) is 14.3 Å². The number of carboxylic acid groups (broad SMARTS) is 1. The van der Waals surface area contributed by atoms with Gasteiger partial charge in [0, 0.05) is 12.3 Å². The van der Waals surface area contributed by atoms with Crippen LogP contribution in [-0.4, -0.2) is 43.6 Å². The van der Waals surface area contributed by atoms with E-state index in [0.29, 0.717) is 17.9 Å². The molecule has 3 heterocycles. The normalized spacial score (nSPS) is 16.2. The minimum atomic E-state index is -1.07. The molecule has 0 saturated carbocycles. The number of aromatic carboxylic acids is 1. The van der Waals surface area contributed by atoms with Crippen LogP contribution in [0.15, 0.2) is 18.3 Å². The lowest BCUT2D eigenvalue weighted by atomic mass is 10.3. The first-order chi connectivity index (χ1) is 9.15. The van der Waals surface area contributed by atoms with Gasteiger partial charge in [-0.25, -0.2) is 9.78 Å². The van der Waals surface area contributed by atoms with Crippen LogP contribution < -0.4 is 0 Å². The van der Waals surface area contributed by atoms with Gasteiger partial charge in [-0.3, -0.25) is 4.90 Å².